The van der Waals surface area contributed by atoms with E-state index in [4.69, 9.17) is 0 Å². The number of benzene rings is 2. The molecule has 0 saturated heterocycles. The molecule has 0 aromatic heterocycles. The summed E-state index contributed by atoms with van der Waals surface area (Å²) in [5.74, 6) is -6.64. The van der Waals surface area contributed by atoms with Gasteiger partial charge in [-0.1, -0.05) is 0 Å². The summed E-state index contributed by atoms with van der Waals surface area (Å²) < 4.78 is 0. The number of hydrogen-bond acceptors (Lipinski definition) is 7. The highest BCUT2D eigenvalue weighted by atomic mass is 16.4. The zero-order valence-electron chi connectivity index (χ0n) is 19.0. The second kappa shape index (κ2) is 8.19. The molecular weight excluding hydrogens is 458 g/mol. The van der Waals surface area contributed by atoms with Gasteiger partial charge in [-0.15, -0.1) is 0 Å². The van der Waals surface area contributed by atoms with Crippen LogP contribution in [-0.4, -0.2) is 55.4 Å². The van der Waals surface area contributed by atoms with Gasteiger partial charge in [0.25, 0.3) is 0 Å². The summed E-state index contributed by atoms with van der Waals surface area (Å²) in [5.41, 5.74) is -0.105. The third kappa shape index (κ3) is 4.20. The van der Waals surface area contributed by atoms with E-state index in [1.165, 1.54) is 13.8 Å². The highest BCUT2D eigenvalue weighted by Crippen LogP contribution is 2.43. The van der Waals surface area contributed by atoms with E-state index in [-0.39, 0.29) is 12.8 Å². The van der Waals surface area contributed by atoms with Crippen molar-refractivity contribution in [1.29, 1.82) is 0 Å². The average molecular weight is 483 g/mol. The number of anilines is 4. The molecule has 0 bridgehead atoms. The Morgan fingerprint density at radius 2 is 1.11 bits per heavy atom. The highest BCUT2D eigenvalue weighted by Gasteiger charge is 2.45. The van der Waals surface area contributed by atoms with Gasteiger partial charge in [-0.05, 0) is 74.2 Å². The van der Waals surface area contributed by atoms with E-state index in [9.17, 15) is 39.6 Å². The summed E-state index contributed by atoms with van der Waals surface area (Å²) in [6.07, 6.45) is -0.275. The molecule has 0 amide bonds. The molecule has 2 aromatic carbocycles. The third-order valence-corrected chi connectivity index (χ3v) is 6.73. The standard InChI is InChI=1S/C24H25N3O8/c1-23(21(32)33)9-15(19(28)29)13-7-11(3-5-17(13)26-23)25-12-4-6-18-14(8-12)16(20(30)31)10-24(2,27-18)22(34)35/h3-8,15-16,25-27H,9-10H2,1-2H3,(H,28,29)(H,30,31)(H,32,33)(H,34,35). The molecule has 2 aromatic rings. The maximum absolute atomic E-state index is 11.9. The van der Waals surface area contributed by atoms with Crippen molar-refractivity contribution in [2.24, 2.45) is 0 Å². The minimum Gasteiger partial charge on any atom is -0.481 e. The smallest absolute Gasteiger partial charge is 0.329 e. The molecule has 0 saturated carbocycles. The van der Waals surface area contributed by atoms with Gasteiger partial charge in [-0.25, -0.2) is 9.59 Å². The van der Waals surface area contributed by atoms with Crippen LogP contribution in [0.2, 0.25) is 0 Å². The Kier molecular flexibility index (Phi) is 5.58. The molecule has 11 nitrogen and oxygen atoms in total. The van der Waals surface area contributed by atoms with Gasteiger partial charge in [0.1, 0.15) is 11.1 Å². The average Bonchev–Trinajstić information content (AvgIpc) is 2.78. The van der Waals surface area contributed by atoms with E-state index in [1.54, 1.807) is 36.4 Å². The minimum atomic E-state index is -1.42. The largest absolute Gasteiger partial charge is 0.481 e. The second-order valence-corrected chi connectivity index (χ2v) is 9.44. The lowest BCUT2D eigenvalue weighted by Gasteiger charge is -2.37. The van der Waals surface area contributed by atoms with Crippen LogP contribution in [0.25, 0.3) is 0 Å². The van der Waals surface area contributed by atoms with Crippen LogP contribution in [0.4, 0.5) is 22.7 Å². The number of hydrogen-bond donors (Lipinski definition) is 7. The fourth-order valence-corrected chi connectivity index (χ4v) is 4.71. The monoisotopic (exact) mass is 483 g/mol. The Morgan fingerprint density at radius 1 is 0.743 bits per heavy atom. The minimum absolute atomic E-state index is 0.138. The highest BCUT2D eigenvalue weighted by molar-refractivity contribution is 5.91. The number of rotatable bonds is 6. The van der Waals surface area contributed by atoms with E-state index in [0.717, 1.165) is 0 Å². The number of aliphatic carboxylic acids is 4. The summed E-state index contributed by atoms with van der Waals surface area (Å²) in [7, 11) is 0. The van der Waals surface area contributed by atoms with E-state index < -0.39 is 46.8 Å². The maximum atomic E-state index is 11.9. The van der Waals surface area contributed by atoms with Crippen LogP contribution in [0, 0.1) is 0 Å². The van der Waals surface area contributed by atoms with Crippen molar-refractivity contribution in [3.05, 3.63) is 47.5 Å². The van der Waals surface area contributed by atoms with E-state index in [1.807, 2.05) is 0 Å². The lowest BCUT2D eigenvalue weighted by Crippen LogP contribution is -2.48. The molecule has 7 N–H and O–H groups in total. The summed E-state index contributed by atoms with van der Waals surface area (Å²) in [6, 6.07) is 9.77. The van der Waals surface area contributed by atoms with Crippen LogP contribution in [-0.2, 0) is 19.2 Å². The fraction of sp³-hybridized carbons (Fsp3) is 0.333. The molecule has 11 heteroatoms. The van der Waals surface area contributed by atoms with Gasteiger partial charge in [0.2, 0.25) is 0 Å². The van der Waals surface area contributed by atoms with Crippen LogP contribution in [0.5, 0.6) is 0 Å². The van der Waals surface area contributed by atoms with Crippen LogP contribution in [0.3, 0.4) is 0 Å². The van der Waals surface area contributed by atoms with E-state index >= 15 is 0 Å². The molecule has 4 rings (SSSR count). The Morgan fingerprint density at radius 3 is 1.43 bits per heavy atom. The van der Waals surface area contributed by atoms with Crippen molar-refractivity contribution in [3.8, 4) is 0 Å². The van der Waals surface area contributed by atoms with Crippen molar-refractivity contribution in [2.45, 2.75) is 49.6 Å². The molecule has 0 radical (unpaired) electrons. The number of carboxylic acid groups (broad SMARTS) is 4. The van der Waals surface area contributed by atoms with E-state index in [2.05, 4.69) is 16.0 Å². The molecule has 4 atom stereocenters. The summed E-state index contributed by atoms with van der Waals surface area (Å²) >= 11 is 0. The fourth-order valence-electron chi connectivity index (χ4n) is 4.71. The van der Waals surface area contributed by atoms with Gasteiger partial charge < -0.3 is 36.4 Å². The zero-order valence-corrected chi connectivity index (χ0v) is 19.0. The van der Waals surface area contributed by atoms with Gasteiger partial charge in [0, 0.05) is 22.7 Å². The summed E-state index contributed by atoms with van der Waals surface area (Å²) in [6.45, 7) is 2.88. The molecular formula is C24H25N3O8. The first-order valence-electron chi connectivity index (χ1n) is 10.9. The molecule has 2 heterocycles. The Hall–Kier alpha value is -4.28. The quantitative estimate of drug-likeness (QED) is 0.320. The molecule has 0 fully saturated rings. The molecule has 4 unspecified atom stereocenters. The normalized spacial score (nSPS) is 26.8. The van der Waals surface area contributed by atoms with Crippen molar-refractivity contribution < 1.29 is 39.6 Å². The Balaban J connectivity index is 1.66. The predicted octanol–water partition coefficient (Wildman–Crippen LogP) is 3.08. The van der Waals surface area contributed by atoms with Crippen LogP contribution in [0.15, 0.2) is 36.4 Å². The van der Waals surface area contributed by atoms with Gasteiger partial charge in [0.05, 0.1) is 11.8 Å². The second-order valence-electron chi connectivity index (χ2n) is 9.44. The zero-order chi connectivity index (χ0) is 25.7. The SMILES string of the molecule is CC1(C(=O)O)CC(C(=O)O)c2cc(Nc3ccc4c(c3)C(C(=O)O)CC(C)(C(=O)O)N4)ccc2N1. The first-order valence-corrected chi connectivity index (χ1v) is 10.9. The van der Waals surface area contributed by atoms with Gasteiger partial charge in [-0.2, -0.15) is 0 Å². The number of fused-ring (bicyclic) bond motifs is 2. The number of nitrogens with one attached hydrogen (secondary N) is 3. The summed E-state index contributed by atoms with van der Waals surface area (Å²) in [5, 5.41) is 47.5. The van der Waals surface area contributed by atoms with Crippen molar-refractivity contribution in [2.75, 3.05) is 16.0 Å². The Labute approximate surface area is 199 Å². The summed E-state index contributed by atoms with van der Waals surface area (Å²) in [4.78, 5) is 47.2. The third-order valence-electron chi connectivity index (χ3n) is 6.73. The first kappa shape index (κ1) is 23.9. The first-order chi connectivity index (χ1) is 16.3. The van der Waals surface area contributed by atoms with Gasteiger partial charge in [-0.3, -0.25) is 9.59 Å². The van der Waals surface area contributed by atoms with Gasteiger partial charge in [0.15, 0.2) is 0 Å². The predicted molar refractivity (Wildman–Crippen MR) is 125 cm³/mol. The van der Waals surface area contributed by atoms with Gasteiger partial charge >= 0.3 is 23.9 Å². The van der Waals surface area contributed by atoms with Crippen LogP contribution >= 0.6 is 0 Å². The van der Waals surface area contributed by atoms with Crippen molar-refractivity contribution in [1.82, 2.24) is 0 Å². The van der Waals surface area contributed by atoms with Crippen molar-refractivity contribution >= 4 is 46.6 Å². The maximum Gasteiger partial charge on any atom is 0.329 e. The molecule has 2 aliphatic rings. The van der Waals surface area contributed by atoms with Crippen LogP contribution < -0.4 is 16.0 Å². The molecule has 184 valence electrons. The number of carbonyl (C=O) groups is 4. The topological polar surface area (TPSA) is 185 Å². The lowest BCUT2D eigenvalue weighted by atomic mass is 9.79. The Bertz CT molecular complexity index is 1170. The van der Waals surface area contributed by atoms with Crippen LogP contribution in [0.1, 0.15) is 49.7 Å². The molecule has 0 spiro atoms. The molecule has 2 aliphatic heterocycles. The number of carboxylic acids is 4. The molecule has 0 aliphatic carbocycles. The molecule has 35 heavy (non-hydrogen) atoms. The van der Waals surface area contributed by atoms with Crippen molar-refractivity contribution in [3.63, 3.8) is 0 Å². The van der Waals surface area contributed by atoms with E-state index in [0.29, 0.717) is 33.9 Å². The lowest BCUT2D eigenvalue weighted by molar-refractivity contribution is -0.145.